The van der Waals surface area contributed by atoms with Crippen LogP contribution in [0.4, 0.5) is 0 Å². The van der Waals surface area contributed by atoms with Gasteiger partial charge in [-0.25, -0.2) is 0 Å². The minimum absolute atomic E-state index is 0.990. The molecule has 0 aliphatic heterocycles. The third-order valence-electron chi connectivity index (χ3n) is 1.65. The zero-order valence-electron chi connectivity index (χ0n) is 8.04. The average Bonchev–Trinajstić information content (AvgIpc) is 2.07. The van der Waals surface area contributed by atoms with E-state index in [1.165, 1.54) is 0 Å². The van der Waals surface area contributed by atoms with Gasteiger partial charge in [-0.2, -0.15) is 5.26 Å². The molecule has 0 amide bonds. The van der Waals surface area contributed by atoms with Crippen molar-refractivity contribution in [2.24, 2.45) is 0 Å². The molecule has 0 heterocycles. The van der Waals surface area contributed by atoms with Crippen molar-refractivity contribution < 1.29 is 0 Å². The van der Waals surface area contributed by atoms with Crippen LogP contribution in [-0.4, -0.2) is 18.0 Å². The summed E-state index contributed by atoms with van der Waals surface area (Å²) in [5.41, 5.74) is 0.990. The molecule has 2 heteroatoms. The van der Waals surface area contributed by atoms with Gasteiger partial charge >= 0.3 is 0 Å². The number of nitrogens with zero attached hydrogens (tertiary/aromatic N) is 2. The Morgan fingerprint density at radius 1 is 1.42 bits per heavy atom. The second-order valence-corrected chi connectivity index (χ2v) is 2.55. The molecule has 0 fully saturated rings. The minimum Gasteiger partial charge on any atom is -0.378 e. The molecule has 0 aliphatic rings. The predicted octanol–water partition coefficient (Wildman–Crippen LogP) is 2.31. The van der Waals surface area contributed by atoms with Crippen LogP contribution < -0.4 is 0 Å². The smallest absolute Gasteiger partial charge is 0.0914 e. The molecule has 0 rings (SSSR count). The maximum atomic E-state index is 8.34. The number of allylic oxidation sites excluding steroid dienone is 3. The predicted molar refractivity (Wildman–Crippen MR) is 51.4 cm³/mol. The highest BCUT2D eigenvalue weighted by Crippen LogP contribution is 1.96. The lowest BCUT2D eigenvalue weighted by molar-refractivity contribution is 0.419. The normalized spacial score (nSPS) is 11.7. The van der Waals surface area contributed by atoms with Gasteiger partial charge in [-0.05, 0) is 38.6 Å². The summed E-state index contributed by atoms with van der Waals surface area (Å²) < 4.78 is 0. The van der Waals surface area contributed by atoms with E-state index < -0.39 is 0 Å². The lowest BCUT2D eigenvalue weighted by Crippen LogP contribution is -2.15. The topological polar surface area (TPSA) is 27.0 Å². The van der Waals surface area contributed by atoms with Crippen molar-refractivity contribution in [2.75, 3.05) is 13.1 Å². The number of hydrogen-bond donors (Lipinski definition) is 0. The van der Waals surface area contributed by atoms with Gasteiger partial charge in [0.1, 0.15) is 0 Å². The lowest BCUT2D eigenvalue weighted by atomic mass is 10.3. The van der Waals surface area contributed by atoms with Crippen LogP contribution in [-0.2, 0) is 0 Å². The molecule has 0 saturated carbocycles. The number of nitriles is 1. The van der Waals surface area contributed by atoms with E-state index in [0.717, 1.165) is 18.7 Å². The lowest BCUT2D eigenvalue weighted by Gasteiger charge is -2.14. The fraction of sp³-hybridized carbons (Fsp3) is 0.500. The fourth-order valence-electron chi connectivity index (χ4n) is 0.807. The monoisotopic (exact) mass is 164 g/mol. The van der Waals surface area contributed by atoms with Gasteiger partial charge in [0.25, 0.3) is 0 Å². The van der Waals surface area contributed by atoms with E-state index in [1.807, 2.05) is 25.3 Å². The van der Waals surface area contributed by atoms with Crippen molar-refractivity contribution in [3.05, 3.63) is 23.9 Å². The molecule has 2 nitrogen and oxygen atoms in total. The van der Waals surface area contributed by atoms with E-state index in [4.69, 9.17) is 5.26 Å². The van der Waals surface area contributed by atoms with Crippen LogP contribution >= 0.6 is 0 Å². The second kappa shape index (κ2) is 6.48. The van der Waals surface area contributed by atoms with Gasteiger partial charge in [-0.15, -0.1) is 0 Å². The van der Waals surface area contributed by atoms with Gasteiger partial charge in [0.05, 0.1) is 6.07 Å². The maximum Gasteiger partial charge on any atom is 0.0914 e. The summed E-state index contributed by atoms with van der Waals surface area (Å²) >= 11 is 0. The molecule has 0 unspecified atom stereocenters. The Hall–Kier alpha value is -1.23. The van der Waals surface area contributed by atoms with Gasteiger partial charge < -0.3 is 4.90 Å². The summed E-state index contributed by atoms with van der Waals surface area (Å²) in [7, 11) is 0. The Kier molecular flexibility index (Phi) is 5.81. The zero-order valence-corrected chi connectivity index (χ0v) is 8.04. The minimum atomic E-state index is 0.990. The summed E-state index contributed by atoms with van der Waals surface area (Å²) in [6, 6.07) is 2.00. The Balaban J connectivity index is 4.05. The quantitative estimate of drug-likeness (QED) is 0.471. The number of hydrogen-bond acceptors (Lipinski definition) is 2. The second-order valence-electron chi connectivity index (χ2n) is 2.55. The Morgan fingerprint density at radius 3 is 2.42 bits per heavy atom. The molecular formula is C10H16N2. The highest BCUT2D eigenvalue weighted by molar-refractivity contribution is 5.22. The van der Waals surface area contributed by atoms with E-state index >= 15 is 0 Å². The van der Waals surface area contributed by atoms with Crippen LogP contribution in [0.2, 0.25) is 0 Å². The molecule has 0 aromatic carbocycles. The maximum absolute atomic E-state index is 8.34. The first-order valence-electron chi connectivity index (χ1n) is 4.23. The molecular weight excluding hydrogens is 148 g/mol. The Morgan fingerprint density at radius 2 is 2.00 bits per heavy atom. The Bertz CT molecular complexity index is 204. The largest absolute Gasteiger partial charge is 0.378 e. The van der Waals surface area contributed by atoms with Crippen molar-refractivity contribution in [2.45, 2.75) is 20.8 Å². The van der Waals surface area contributed by atoms with Crippen molar-refractivity contribution in [1.29, 1.82) is 5.26 Å². The molecule has 12 heavy (non-hydrogen) atoms. The summed E-state index contributed by atoms with van der Waals surface area (Å²) in [4.78, 5) is 2.18. The highest BCUT2D eigenvalue weighted by atomic mass is 15.1. The molecule has 0 aliphatic carbocycles. The van der Waals surface area contributed by atoms with Crippen LogP contribution in [0, 0.1) is 11.3 Å². The first-order valence-corrected chi connectivity index (χ1v) is 4.23. The first-order chi connectivity index (χ1) is 5.74. The SMILES string of the molecule is CCN(/C=C/C(C)=C/C#N)CC. The summed E-state index contributed by atoms with van der Waals surface area (Å²) in [5, 5.41) is 8.34. The standard InChI is InChI=1S/C10H16N2/c1-4-12(5-2)9-7-10(3)6-8-11/h6-7,9H,4-5H2,1-3H3/b9-7+,10-6+. The van der Waals surface area contributed by atoms with Crippen LogP contribution in [0.5, 0.6) is 0 Å². The highest BCUT2D eigenvalue weighted by Gasteiger charge is 1.88. The van der Waals surface area contributed by atoms with E-state index in [9.17, 15) is 0 Å². The molecule has 0 bridgehead atoms. The van der Waals surface area contributed by atoms with Crippen molar-refractivity contribution in [1.82, 2.24) is 4.90 Å². The molecule has 0 radical (unpaired) electrons. The molecule has 0 spiro atoms. The molecule has 66 valence electrons. The molecule has 0 N–H and O–H groups in total. The van der Waals surface area contributed by atoms with E-state index in [1.54, 1.807) is 6.08 Å². The van der Waals surface area contributed by atoms with E-state index in [2.05, 4.69) is 18.7 Å². The first kappa shape index (κ1) is 10.8. The third kappa shape index (κ3) is 4.56. The Labute approximate surface area is 74.8 Å². The fourth-order valence-corrected chi connectivity index (χ4v) is 0.807. The van der Waals surface area contributed by atoms with Crippen LogP contribution in [0.3, 0.4) is 0 Å². The van der Waals surface area contributed by atoms with Crippen LogP contribution in [0.15, 0.2) is 23.9 Å². The van der Waals surface area contributed by atoms with Crippen LogP contribution in [0.1, 0.15) is 20.8 Å². The third-order valence-corrected chi connectivity index (χ3v) is 1.65. The van der Waals surface area contributed by atoms with Gasteiger partial charge in [0, 0.05) is 19.2 Å². The van der Waals surface area contributed by atoms with Gasteiger partial charge in [-0.3, -0.25) is 0 Å². The molecule has 0 atom stereocenters. The van der Waals surface area contributed by atoms with Crippen molar-refractivity contribution in [3.8, 4) is 6.07 Å². The van der Waals surface area contributed by atoms with Gasteiger partial charge in [0.15, 0.2) is 0 Å². The molecule has 0 aromatic rings. The summed E-state index contributed by atoms with van der Waals surface area (Å²) in [6.45, 7) is 8.15. The molecule has 0 saturated heterocycles. The number of rotatable bonds is 4. The van der Waals surface area contributed by atoms with Crippen molar-refractivity contribution in [3.63, 3.8) is 0 Å². The van der Waals surface area contributed by atoms with E-state index in [0.29, 0.717) is 0 Å². The zero-order chi connectivity index (χ0) is 9.40. The molecule has 0 aromatic heterocycles. The van der Waals surface area contributed by atoms with Gasteiger partial charge in [-0.1, -0.05) is 0 Å². The average molecular weight is 164 g/mol. The van der Waals surface area contributed by atoms with E-state index in [-0.39, 0.29) is 0 Å². The summed E-state index contributed by atoms with van der Waals surface area (Å²) in [5.74, 6) is 0. The van der Waals surface area contributed by atoms with Crippen molar-refractivity contribution >= 4 is 0 Å². The van der Waals surface area contributed by atoms with Gasteiger partial charge in [0.2, 0.25) is 0 Å². The van der Waals surface area contributed by atoms with Crippen LogP contribution in [0.25, 0.3) is 0 Å². The summed E-state index contributed by atoms with van der Waals surface area (Å²) in [6.07, 6.45) is 5.51.